The molecule has 12 nitrogen and oxygen atoms in total. The first-order valence-corrected chi connectivity index (χ1v) is 19.4. The number of ether oxygens (including phenoxy) is 4. The van der Waals surface area contributed by atoms with E-state index in [-0.39, 0.29) is 50.6 Å². The minimum atomic E-state index is -1.38. The van der Waals surface area contributed by atoms with E-state index in [2.05, 4.69) is 23.1 Å². The lowest BCUT2D eigenvalue weighted by Gasteiger charge is -2.59. The molecule has 1 saturated carbocycles. The van der Waals surface area contributed by atoms with Crippen LogP contribution in [0.4, 0.5) is 9.59 Å². The van der Waals surface area contributed by atoms with Gasteiger partial charge in [0.25, 0.3) is 0 Å². The number of benzene rings is 2. The number of carbonyl (C=O) groups is 2. The summed E-state index contributed by atoms with van der Waals surface area (Å²) in [7, 11) is 1.52. The van der Waals surface area contributed by atoms with Gasteiger partial charge >= 0.3 is 12.2 Å². The van der Waals surface area contributed by atoms with E-state index in [1.165, 1.54) is 7.11 Å². The Kier molecular flexibility index (Phi) is 15.0. The quantitative estimate of drug-likeness (QED) is 0.0777. The van der Waals surface area contributed by atoms with Crippen molar-refractivity contribution in [2.24, 2.45) is 22.9 Å². The maximum atomic E-state index is 13.8. The second-order valence-electron chi connectivity index (χ2n) is 14.1. The van der Waals surface area contributed by atoms with Crippen molar-refractivity contribution in [1.29, 1.82) is 0 Å². The number of amides is 2. The van der Waals surface area contributed by atoms with Gasteiger partial charge in [0.2, 0.25) is 5.79 Å². The summed E-state index contributed by atoms with van der Waals surface area (Å²) in [6.07, 6.45) is 8.39. The van der Waals surface area contributed by atoms with Crippen LogP contribution in [-0.4, -0.2) is 84.9 Å². The normalized spacial score (nSPS) is 24.6. The van der Waals surface area contributed by atoms with Crippen molar-refractivity contribution < 1.29 is 43.6 Å². The summed E-state index contributed by atoms with van der Waals surface area (Å²) in [5, 5.41) is 27.0. The van der Waals surface area contributed by atoms with Crippen molar-refractivity contribution in [2.75, 3.05) is 40.1 Å². The molecule has 3 aliphatic rings. The van der Waals surface area contributed by atoms with Gasteiger partial charge in [-0.25, -0.2) is 9.59 Å². The molecule has 6 unspecified atom stereocenters. The van der Waals surface area contributed by atoms with Gasteiger partial charge in [-0.2, -0.15) is 0 Å². The van der Waals surface area contributed by atoms with E-state index in [0.29, 0.717) is 49.6 Å². The van der Waals surface area contributed by atoms with Crippen LogP contribution in [0.2, 0.25) is 0 Å². The van der Waals surface area contributed by atoms with E-state index in [9.17, 15) is 19.8 Å². The fourth-order valence-electron chi connectivity index (χ4n) is 8.56. The van der Waals surface area contributed by atoms with Crippen molar-refractivity contribution in [3.05, 3.63) is 84.0 Å². The number of rotatable bonds is 19. The minimum absolute atomic E-state index is 0.0327. The summed E-state index contributed by atoms with van der Waals surface area (Å²) >= 11 is 0. The van der Waals surface area contributed by atoms with Crippen molar-refractivity contribution in [1.82, 2.24) is 10.2 Å². The molecule has 54 heavy (non-hydrogen) atoms. The lowest BCUT2D eigenvalue weighted by molar-refractivity contribution is -0.255. The molecule has 1 heterocycles. The lowest BCUT2D eigenvalue weighted by Crippen LogP contribution is -2.70. The molecule has 12 heteroatoms. The molecule has 3 N–H and O–H groups in total. The van der Waals surface area contributed by atoms with Crippen LogP contribution in [0, 0.1) is 17.8 Å². The van der Waals surface area contributed by atoms with Crippen molar-refractivity contribution >= 4 is 17.9 Å². The Labute approximate surface area is 319 Å². The Morgan fingerprint density at radius 1 is 1.07 bits per heavy atom. The average molecular weight is 748 g/mol. The average Bonchev–Trinajstić information content (AvgIpc) is 3.18. The summed E-state index contributed by atoms with van der Waals surface area (Å²) in [4.78, 5) is 34.1. The van der Waals surface area contributed by atoms with Crippen LogP contribution in [0.3, 0.4) is 0 Å². The zero-order valence-electron chi connectivity index (χ0n) is 31.9. The number of unbranched alkanes of at least 4 members (excludes halogenated alkanes) is 2. The molecule has 0 bridgehead atoms. The fourth-order valence-corrected chi connectivity index (χ4v) is 8.56. The molecule has 0 spiro atoms. The molecule has 0 saturated heterocycles. The van der Waals surface area contributed by atoms with Crippen molar-refractivity contribution in [2.45, 2.75) is 89.5 Å². The number of aliphatic hydroxyl groups excluding tert-OH is 2. The van der Waals surface area contributed by atoms with Gasteiger partial charge in [-0.05, 0) is 80.2 Å². The third-order valence-corrected chi connectivity index (χ3v) is 10.7. The van der Waals surface area contributed by atoms with Crippen LogP contribution in [0.25, 0.3) is 0 Å². The van der Waals surface area contributed by atoms with Gasteiger partial charge in [0, 0.05) is 44.2 Å². The molecule has 0 aromatic heterocycles. The molecule has 1 fully saturated rings. The standard InChI is InChI=1S/C42H57N3O9/c1-5-21-45(41(49)51-7-3)37-27-35(44-50-4)33-25-30(17-11-13-22-46)32(18-12-14-23-47)38-34-26-31(53-40(48)43-28-29-15-9-8-10-16-29)19-20-36(34)54-42(37,39(33)38)52-24-6-2/h6,8-10,15-16,19-20,25-26,30,32,37-39,46-47H,2,5,7,11-14,17-18,21-24,27-28H2,1,3-4H3,(H,43,48). The number of allylic oxidation sites excluding steroid dienone is 1. The number of aliphatic hydroxyl groups is 2. The number of hydrogen-bond acceptors (Lipinski definition) is 10. The highest BCUT2D eigenvalue weighted by Crippen LogP contribution is 2.62. The summed E-state index contributed by atoms with van der Waals surface area (Å²) < 4.78 is 25.5. The van der Waals surface area contributed by atoms with Crippen molar-refractivity contribution in [3.63, 3.8) is 0 Å². The van der Waals surface area contributed by atoms with Crippen LogP contribution in [-0.2, 0) is 20.9 Å². The van der Waals surface area contributed by atoms with E-state index < -0.39 is 29.9 Å². The molecule has 294 valence electrons. The molecule has 2 aromatic carbocycles. The number of carbonyl (C=O) groups excluding carboxylic acids is 2. The Morgan fingerprint density at radius 3 is 2.52 bits per heavy atom. The van der Waals surface area contributed by atoms with Crippen LogP contribution in [0.5, 0.6) is 11.5 Å². The van der Waals surface area contributed by atoms with Crippen LogP contribution < -0.4 is 14.8 Å². The zero-order valence-corrected chi connectivity index (χ0v) is 31.9. The molecule has 2 aliphatic carbocycles. The Balaban J connectivity index is 1.68. The summed E-state index contributed by atoms with van der Waals surface area (Å²) in [6, 6.07) is 14.4. The zero-order chi connectivity index (χ0) is 38.5. The largest absolute Gasteiger partial charge is 0.459 e. The molecule has 2 aromatic rings. The van der Waals surface area contributed by atoms with E-state index in [1.54, 1.807) is 24.0 Å². The predicted molar refractivity (Wildman–Crippen MR) is 205 cm³/mol. The lowest BCUT2D eigenvalue weighted by atomic mass is 9.55. The summed E-state index contributed by atoms with van der Waals surface area (Å²) in [5.41, 5.74) is 3.42. The van der Waals surface area contributed by atoms with Crippen LogP contribution in [0.1, 0.15) is 82.3 Å². The van der Waals surface area contributed by atoms with Crippen LogP contribution >= 0.6 is 0 Å². The van der Waals surface area contributed by atoms with Gasteiger partial charge in [-0.1, -0.05) is 67.4 Å². The van der Waals surface area contributed by atoms with Gasteiger partial charge in [0.15, 0.2) is 0 Å². The smallest absolute Gasteiger partial charge is 0.412 e. The molecule has 1 aliphatic heterocycles. The van der Waals surface area contributed by atoms with Crippen LogP contribution in [0.15, 0.2) is 78.0 Å². The van der Waals surface area contributed by atoms with Crippen molar-refractivity contribution in [3.8, 4) is 11.5 Å². The first kappa shape index (κ1) is 40.8. The summed E-state index contributed by atoms with van der Waals surface area (Å²) in [6.45, 7) is 9.00. The molecule has 5 rings (SSSR count). The molecule has 2 amide bonds. The SMILES string of the molecule is C=CCOC12Oc3ccc(OC(=O)NCc4ccccc4)cc3C3C(CCCCO)C(CCCCO)C=C(C(=NOC)CC1N(CCC)C(=O)OCC)C32. The van der Waals surface area contributed by atoms with E-state index in [0.717, 1.165) is 42.4 Å². The Hall–Kier alpha value is -4.39. The van der Waals surface area contributed by atoms with Gasteiger partial charge < -0.3 is 39.3 Å². The highest BCUT2D eigenvalue weighted by molar-refractivity contribution is 6.03. The predicted octanol–water partition coefficient (Wildman–Crippen LogP) is 7.11. The maximum absolute atomic E-state index is 13.8. The van der Waals surface area contributed by atoms with E-state index in [1.807, 2.05) is 49.4 Å². The third kappa shape index (κ3) is 9.10. The number of fused-ring (bicyclic) bond motifs is 2. The summed E-state index contributed by atoms with van der Waals surface area (Å²) in [5.74, 6) is -1.06. The van der Waals surface area contributed by atoms with Gasteiger partial charge in [0.05, 0.1) is 24.8 Å². The molecular formula is C42H57N3O9. The molecular weight excluding hydrogens is 690 g/mol. The molecule has 0 radical (unpaired) electrons. The third-order valence-electron chi connectivity index (χ3n) is 10.7. The fraction of sp³-hybridized carbons (Fsp3) is 0.548. The number of hydrogen-bond donors (Lipinski definition) is 3. The first-order chi connectivity index (χ1) is 26.3. The van der Waals surface area contributed by atoms with Gasteiger partial charge in [-0.15, -0.1) is 6.58 Å². The number of nitrogens with zero attached hydrogens (tertiary/aromatic N) is 2. The monoisotopic (exact) mass is 747 g/mol. The van der Waals surface area contributed by atoms with E-state index >= 15 is 0 Å². The Bertz CT molecular complexity index is 1620. The second kappa shape index (κ2) is 19.8. The maximum Gasteiger partial charge on any atom is 0.412 e. The minimum Gasteiger partial charge on any atom is -0.459 e. The van der Waals surface area contributed by atoms with E-state index in [4.69, 9.17) is 23.8 Å². The first-order valence-electron chi connectivity index (χ1n) is 19.4. The highest BCUT2D eigenvalue weighted by Gasteiger charge is 2.65. The van der Waals surface area contributed by atoms with Gasteiger partial charge in [0.1, 0.15) is 24.7 Å². The topological polar surface area (TPSA) is 148 Å². The second-order valence-corrected chi connectivity index (χ2v) is 14.1. The Morgan fingerprint density at radius 2 is 1.83 bits per heavy atom. The molecule has 6 atom stereocenters. The number of oxime groups is 1. The highest BCUT2D eigenvalue weighted by atomic mass is 16.7. The number of nitrogens with one attached hydrogen (secondary N) is 1. The van der Waals surface area contributed by atoms with Gasteiger partial charge in [-0.3, -0.25) is 4.90 Å².